The smallest absolute Gasteiger partial charge is 0.212 e. The summed E-state index contributed by atoms with van der Waals surface area (Å²) in [5.74, 6) is 0.993. The molecule has 2 heterocycles. The molecule has 2 aromatic heterocycles. The molecule has 0 spiro atoms. The van der Waals surface area contributed by atoms with Crippen molar-refractivity contribution in [2.24, 2.45) is 0 Å². The Morgan fingerprint density at radius 3 is 2.50 bits per heavy atom. The first-order valence-corrected chi connectivity index (χ1v) is 6.91. The van der Waals surface area contributed by atoms with Crippen molar-refractivity contribution in [2.45, 2.75) is 46.0 Å². The molecule has 0 amide bonds. The predicted molar refractivity (Wildman–Crippen MR) is 77.2 cm³/mol. The zero-order valence-electron chi connectivity index (χ0n) is 12.4. The second-order valence-electron chi connectivity index (χ2n) is 5.51. The molecule has 2 rings (SSSR count). The molecule has 0 aromatic carbocycles. The summed E-state index contributed by atoms with van der Waals surface area (Å²) in [6, 6.07) is 5.24. The summed E-state index contributed by atoms with van der Waals surface area (Å²) in [4.78, 5) is 12.7. The van der Waals surface area contributed by atoms with Gasteiger partial charge < -0.3 is 0 Å². The second-order valence-corrected chi connectivity index (χ2v) is 5.51. The average Bonchev–Trinajstić information content (AvgIpc) is 2.38. The molecule has 0 aliphatic rings. The summed E-state index contributed by atoms with van der Waals surface area (Å²) in [5.41, 5.74) is 3.11. The van der Waals surface area contributed by atoms with Crippen LogP contribution in [0.25, 0.3) is 0 Å². The topological polar surface area (TPSA) is 38.7 Å². The van der Waals surface area contributed by atoms with E-state index < -0.39 is 5.95 Å². The number of rotatable bonds is 4. The zero-order valence-corrected chi connectivity index (χ0v) is 12.4. The SMILES string of the molecule is Cc1nc(CC(C)c2ccc(F)nc2)cc(C(C)C)n1. The minimum Gasteiger partial charge on any atom is -0.238 e. The maximum absolute atomic E-state index is 12.8. The molecular formula is C16H20FN3. The van der Waals surface area contributed by atoms with Crippen LogP contribution in [0.2, 0.25) is 0 Å². The number of hydrogen-bond acceptors (Lipinski definition) is 3. The van der Waals surface area contributed by atoms with Crippen LogP contribution >= 0.6 is 0 Å². The molecule has 0 radical (unpaired) electrons. The maximum atomic E-state index is 12.8. The van der Waals surface area contributed by atoms with Crippen molar-refractivity contribution < 1.29 is 4.39 Å². The molecule has 20 heavy (non-hydrogen) atoms. The van der Waals surface area contributed by atoms with E-state index >= 15 is 0 Å². The molecule has 3 nitrogen and oxygen atoms in total. The summed E-state index contributed by atoms with van der Waals surface area (Å²) in [6.07, 6.45) is 2.40. The van der Waals surface area contributed by atoms with Crippen LogP contribution < -0.4 is 0 Å². The minimum absolute atomic E-state index is 0.248. The van der Waals surface area contributed by atoms with Gasteiger partial charge in [0.1, 0.15) is 5.82 Å². The number of nitrogens with zero attached hydrogens (tertiary/aromatic N) is 3. The van der Waals surface area contributed by atoms with E-state index in [9.17, 15) is 4.39 Å². The van der Waals surface area contributed by atoms with Crippen molar-refractivity contribution >= 4 is 0 Å². The first-order chi connectivity index (χ1) is 9.45. The Hall–Kier alpha value is -1.84. The molecule has 0 bridgehead atoms. The fourth-order valence-electron chi connectivity index (χ4n) is 2.17. The van der Waals surface area contributed by atoms with Gasteiger partial charge >= 0.3 is 0 Å². The normalized spacial score (nSPS) is 12.7. The van der Waals surface area contributed by atoms with Crippen LogP contribution in [0.1, 0.15) is 55.4 Å². The third-order valence-corrected chi connectivity index (χ3v) is 3.34. The Labute approximate surface area is 119 Å². The summed E-state index contributed by atoms with van der Waals surface area (Å²) >= 11 is 0. The molecule has 0 N–H and O–H groups in total. The van der Waals surface area contributed by atoms with E-state index in [0.717, 1.165) is 29.2 Å². The van der Waals surface area contributed by atoms with Crippen LogP contribution in [0.15, 0.2) is 24.4 Å². The lowest BCUT2D eigenvalue weighted by atomic mass is 9.96. The van der Waals surface area contributed by atoms with Crippen LogP contribution in [0.3, 0.4) is 0 Å². The molecule has 4 heteroatoms. The second kappa shape index (κ2) is 6.07. The monoisotopic (exact) mass is 273 g/mol. The highest BCUT2D eigenvalue weighted by atomic mass is 19.1. The molecule has 106 valence electrons. The van der Waals surface area contributed by atoms with Crippen molar-refractivity contribution in [2.75, 3.05) is 0 Å². The quantitative estimate of drug-likeness (QED) is 0.795. The van der Waals surface area contributed by atoms with E-state index in [4.69, 9.17) is 0 Å². The maximum Gasteiger partial charge on any atom is 0.212 e. The van der Waals surface area contributed by atoms with Crippen molar-refractivity contribution in [3.63, 3.8) is 0 Å². The van der Waals surface area contributed by atoms with Gasteiger partial charge in [-0.1, -0.05) is 26.8 Å². The molecule has 1 unspecified atom stereocenters. The highest BCUT2D eigenvalue weighted by Gasteiger charge is 2.11. The van der Waals surface area contributed by atoms with E-state index in [1.807, 2.05) is 6.92 Å². The molecule has 1 atom stereocenters. The van der Waals surface area contributed by atoms with E-state index in [1.165, 1.54) is 6.07 Å². The molecule has 0 saturated carbocycles. The Bertz CT molecular complexity index is 579. The summed E-state index contributed by atoms with van der Waals surface area (Å²) < 4.78 is 12.8. The van der Waals surface area contributed by atoms with Crippen molar-refractivity contribution in [3.05, 3.63) is 53.1 Å². The molecule has 2 aromatic rings. The fraction of sp³-hybridized carbons (Fsp3) is 0.438. The van der Waals surface area contributed by atoms with Crippen LogP contribution in [-0.2, 0) is 6.42 Å². The van der Waals surface area contributed by atoms with Gasteiger partial charge in [-0.05, 0) is 42.9 Å². The number of halogens is 1. The average molecular weight is 273 g/mol. The summed E-state index contributed by atoms with van der Waals surface area (Å²) in [5, 5.41) is 0. The van der Waals surface area contributed by atoms with Gasteiger partial charge in [0.25, 0.3) is 0 Å². The Morgan fingerprint density at radius 1 is 1.15 bits per heavy atom. The van der Waals surface area contributed by atoms with E-state index in [1.54, 1.807) is 12.3 Å². The summed E-state index contributed by atoms with van der Waals surface area (Å²) in [7, 11) is 0. The number of aryl methyl sites for hydroxylation is 1. The van der Waals surface area contributed by atoms with Gasteiger partial charge in [-0.3, -0.25) is 0 Å². The van der Waals surface area contributed by atoms with E-state index in [2.05, 4.69) is 41.8 Å². The lowest BCUT2D eigenvalue weighted by Crippen LogP contribution is -2.06. The molecule has 0 saturated heterocycles. The highest BCUT2D eigenvalue weighted by molar-refractivity contribution is 5.20. The van der Waals surface area contributed by atoms with Gasteiger partial charge in [0.05, 0.1) is 0 Å². The van der Waals surface area contributed by atoms with Gasteiger partial charge in [0.2, 0.25) is 5.95 Å². The predicted octanol–water partition coefficient (Wildman–Crippen LogP) is 3.79. The van der Waals surface area contributed by atoms with Gasteiger partial charge in [-0.2, -0.15) is 4.39 Å². The molecule has 0 fully saturated rings. The minimum atomic E-state index is -0.444. The summed E-state index contributed by atoms with van der Waals surface area (Å²) in [6.45, 7) is 8.26. The molecule has 0 aliphatic carbocycles. The van der Waals surface area contributed by atoms with E-state index in [0.29, 0.717) is 5.92 Å². The highest BCUT2D eigenvalue weighted by Crippen LogP contribution is 2.21. The lowest BCUT2D eigenvalue weighted by Gasteiger charge is -2.13. The van der Waals surface area contributed by atoms with Crippen LogP contribution in [0.4, 0.5) is 4.39 Å². The van der Waals surface area contributed by atoms with Crippen LogP contribution in [-0.4, -0.2) is 15.0 Å². The first kappa shape index (κ1) is 14.6. The van der Waals surface area contributed by atoms with Crippen molar-refractivity contribution in [3.8, 4) is 0 Å². The van der Waals surface area contributed by atoms with Gasteiger partial charge in [0, 0.05) is 17.6 Å². The van der Waals surface area contributed by atoms with Gasteiger partial charge in [-0.25, -0.2) is 15.0 Å². The zero-order chi connectivity index (χ0) is 14.7. The third kappa shape index (κ3) is 3.59. The third-order valence-electron chi connectivity index (χ3n) is 3.34. The number of aromatic nitrogens is 3. The first-order valence-electron chi connectivity index (χ1n) is 6.91. The lowest BCUT2D eigenvalue weighted by molar-refractivity contribution is 0.579. The fourth-order valence-corrected chi connectivity index (χ4v) is 2.17. The largest absolute Gasteiger partial charge is 0.238 e. The van der Waals surface area contributed by atoms with E-state index in [-0.39, 0.29) is 5.92 Å². The van der Waals surface area contributed by atoms with Gasteiger partial charge in [0.15, 0.2) is 0 Å². The molecule has 0 aliphatic heterocycles. The number of pyridine rings is 1. The van der Waals surface area contributed by atoms with Crippen LogP contribution in [0.5, 0.6) is 0 Å². The standard InChI is InChI=1S/C16H20FN3/c1-10(2)15-8-14(19-12(4)20-15)7-11(3)13-5-6-16(17)18-9-13/h5-6,8-11H,7H2,1-4H3. The Balaban J connectivity index is 2.18. The van der Waals surface area contributed by atoms with Crippen molar-refractivity contribution in [1.29, 1.82) is 0 Å². The number of hydrogen-bond donors (Lipinski definition) is 0. The molecular weight excluding hydrogens is 253 g/mol. The Morgan fingerprint density at radius 2 is 1.90 bits per heavy atom. The van der Waals surface area contributed by atoms with Crippen LogP contribution in [0, 0.1) is 12.9 Å². The van der Waals surface area contributed by atoms with Crippen molar-refractivity contribution in [1.82, 2.24) is 15.0 Å². The Kier molecular flexibility index (Phi) is 4.42. The van der Waals surface area contributed by atoms with Gasteiger partial charge in [-0.15, -0.1) is 0 Å².